The summed E-state index contributed by atoms with van der Waals surface area (Å²) in [5, 5.41) is 15.3. The molecule has 220 valence electrons. The Balaban J connectivity index is 1.40. The number of carbonyl (C=O) groups is 3. The molecule has 2 aromatic heterocycles. The number of carbonyl (C=O) groups excluding carboxylic acids is 3. The summed E-state index contributed by atoms with van der Waals surface area (Å²) in [5.41, 5.74) is 2.38. The van der Waals surface area contributed by atoms with E-state index in [0.717, 1.165) is 53.9 Å². The maximum Gasteiger partial charge on any atom is 0.341 e. The number of nitrogens with one attached hydrogen (secondary N) is 2. The van der Waals surface area contributed by atoms with Gasteiger partial charge in [-0.05, 0) is 62.8 Å². The highest BCUT2D eigenvalue weighted by Gasteiger charge is 2.29. The Hall–Kier alpha value is -3.38. The van der Waals surface area contributed by atoms with Crippen molar-refractivity contribution in [3.63, 3.8) is 0 Å². The van der Waals surface area contributed by atoms with Crippen molar-refractivity contribution in [2.24, 2.45) is 0 Å². The van der Waals surface area contributed by atoms with Crippen LogP contribution in [-0.2, 0) is 46.7 Å². The fourth-order valence-corrected chi connectivity index (χ4v) is 6.76. The Kier molecular flexibility index (Phi) is 10.8. The average molecular weight is 600 g/mol. The summed E-state index contributed by atoms with van der Waals surface area (Å²) in [6.45, 7) is 6.87. The molecule has 1 aliphatic carbocycles. The number of aryl methyl sites for hydroxylation is 1. The molecule has 0 radical (unpaired) electrons. The Morgan fingerprint density at radius 1 is 1.15 bits per heavy atom. The molecule has 0 bridgehead atoms. The number of ether oxygens (including phenoxy) is 2. The molecule has 0 spiro atoms. The molecule has 4 rings (SSSR count). The van der Waals surface area contributed by atoms with Gasteiger partial charge in [0.1, 0.15) is 10.8 Å². The molecule has 2 amide bonds. The molecule has 1 aliphatic rings. The minimum absolute atomic E-state index is 0.123. The molecule has 0 unspecified atom stereocenters. The monoisotopic (exact) mass is 599 g/mol. The summed E-state index contributed by atoms with van der Waals surface area (Å²) in [7, 11) is 1.60. The van der Waals surface area contributed by atoms with E-state index in [2.05, 4.69) is 27.8 Å². The normalized spacial score (nSPS) is 13.0. The van der Waals surface area contributed by atoms with Crippen LogP contribution in [0.2, 0.25) is 0 Å². The molecule has 12 heteroatoms. The summed E-state index contributed by atoms with van der Waals surface area (Å²) in [6, 6.07) is 7.38. The number of hydrogen-bond donors (Lipinski definition) is 2. The Labute approximate surface area is 248 Å². The van der Waals surface area contributed by atoms with Crippen LogP contribution in [0.1, 0.15) is 72.2 Å². The van der Waals surface area contributed by atoms with Gasteiger partial charge in [-0.1, -0.05) is 37.2 Å². The molecule has 10 nitrogen and oxygen atoms in total. The first-order chi connectivity index (χ1) is 19.8. The molecule has 0 saturated heterocycles. The summed E-state index contributed by atoms with van der Waals surface area (Å²) < 4.78 is 12.4. The van der Waals surface area contributed by atoms with Crippen LogP contribution in [0, 0.1) is 0 Å². The van der Waals surface area contributed by atoms with Gasteiger partial charge >= 0.3 is 5.97 Å². The van der Waals surface area contributed by atoms with Crippen molar-refractivity contribution >= 4 is 45.9 Å². The molecule has 2 N–H and O–H groups in total. The second kappa shape index (κ2) is 14.5. The lowest BCUT2D eigenvalue weighted by Crippen LogP contribution is -2.26. The molecule has 3 aromatic rings. The molecule has 1 atom stereocenters. The van der Waals surface area contributed by atoms with E-state index in [1.54, 1.807) is 21.0 Å². The van der Waals surface area contributed by atoms with E-state index in [9.17, 15) is 14.4 Å². The van der Waals surface area contributed by atoms with Gasteiger partial charge in [-0.3, -0.25) is 9.59 Å². The summed E-state index contributed by atoms with van der Waals surface area (Å²) >= 11 is 2.77. The van der Waals surface area contributed by atoms with Gasteiger partial charge < -0.3 is 24.7 Å². The minimum atomic E-state index is -0.496. The topological polar surface area (TPSA) is 124 Å². The number of hydrogen-bond acceptors (Lipinski definition) is 9. The van der Waals surface area contributed by atoms with Crippen LogP contribution in [0.5, 0.6) is 5.75 Å². The maximum absolute atomic E-state index is 13.2. The van der Waals surface area contributed by atoms with Crippen LogP contribution in [-0.4, -0.2) is 51.5 Å². The van der Waals surface area contributed by atoms with Crippen LogP contribution in [0.4, 0.5) is 5.00 Å². The Morgan fingerprint density at radius 3 is 2.63 bits per heavy atom. The van der Waals surface area contributed by atoms with E-state index >= 15 is 0 Å². The van der Waals surface area contributed by atoms with Crippen molar-refractivity contribution in [2.45, 2.75) is 82.8 Å². The average Bonchev–Trinajstić information content (AvgIpc) is 3.66. The van der Waals surface area contributed by atoms with Crippen molar-refractivity contribution in [2.75, 3.05) is 19.0 Å². The van der Waals surface area contributed by atoms with Gasteiger partial charge in [-0.25, -0.2) is 4.79 Å². The number of anilines is 1. The van der Waals surface area contributed by atoms with Gasteiger partial charge in [0, 0.05) is 11.4 Å². The first kappa shape index (κ1) is 30.6. The van der Waals surface area contributed by atoms with E-state index in [1.165, 1.54) is 23.1 Å². The van der Waals surface area contributed by atoms with Gasteiger partial charge in [0.2, 0.25) is 11.8 Å². The standard InChI is InChI=1S/C29H37N5O5S2/c1-5-7-15-34-23(17-30-24(35)16-19-11-13-20(38-4)14-12-19)32-33-29(34)40-18(3)26(36)31-27-25(28(37)39-6-2)21-9-8-10-22(21)41-27/h11-14,18H,5-10,15-17H2,1-4H3,(H,30,35)(H,31,36)/t18-/m0/s1. The highest BCUT2D eigenvalue weighted by Crippen LogP contribution is 2.40. The van der Waals surface area contributed by atoms with E-state index in [-0.39, 0.29) is 37.4 Å². The number of thiophene rings is 1. The maximum atomic E-state index is 13.2. The van der Waals surface area contributed by atoms with Crippen LogP contribution < -0.4 is 15.4 Å². The number of fused-ring (bicyclic) bond motifs is 1. The second-order valence-electron chi connectivity index (χ2n) is 9.74. The zero-order valence-corrected chi connectivity index (χ0v) is 25.6. The van der Waals surface area contributed by atoms with Crippen molar-refractivity contribution in [1.29, 1.82) is 0 Å². The molecule has 0 aliphatic heterocycles. The number of methoxy groups -OCH3 is 1. The lowest BCUT2D eigenvalue weighted by molar-refractivity contribution is -0.120. The third kappa shape index (κ3) is 7.68. The lowest BCUT2D eigenvalue weighted by atomic mass is 10.1. The molecule has 0 saturated carbocycles. The largest absolute Gasteiger partial charge is 0.497 e. The molecule has 1 aromatic carbocycles. The van der Waals surface area contributed by atoms with Gasteiger partial charge in [-0.2, -0.15) is 0 Å². The van der Waals surface area contributed by atoms with E-state index in [4.69, 9.17) is 9.47 Å². The van der Waals surface area contributed by atoms with Crippen molar-refractivity contribution in [3.8, 4) is 5.75 Å². The van der Waals surface area contributed by atoms with Crippen molar-refractivity contribution < 1.29 is 23.9 Å². The summed E-state index contributed by atoms with van der Waals surface area (Å²) in [6.07, 6.45) is 4.86. The third-order valence-electron chi connectivity index (χ3n) is 6.79. The number of thioether (sulfide) groups is 1. The number of aromatic nitrogens is 3. The van der Waals surface area contributed by atoms with Crippen molar-refractivity contribution in [1.82, 2.24) is 20.1 Å². The van der Waals surface area contributed by atoms with E-state index in [0.29, 0.717) is 28.1 Å². The first-order valence-corrected chi connectivity index (χ1v) is 15.6. The summed E-state index contributed by atoms with van der Waals surface area (Å²) in [4.78, 5) is 39.7. The van der Waals surface area contributed by atoms with E-state index in [1.807, 2.05) is 28.8 Å². The fourth-order valence-electron chi connectivity index (χ4n) is 4.58. The van der Waals surface area contributed by atoms with Gasteiger partial charge in [-0.15, -0.1) is 21.5 Å². The van der Waals surface area contributed by atoms with Gasteiger partial charge in [0.15, 0.2) is 11.0 Å². The number of esters is 1. The predicted molar refractivity (Wildman–Crippen MR) is 160 cm³/mol. The van der Waals surface area contributed by atoms with Crippen LogP contribution in [0.3, 0.4) is 0 Å². The number of unbranched alkanes of at least 4 members (excludes halogenated alkanes) is 1. The zero-order valence-electron chi connectivity index (χ0n) is 24.0. The molecule has 2 heterocycles. The van der Waals surface area contributed by atoms with Gasteiger partial charge in [0.25, 0.3) is 0 Å². The third-order valence-corrected chi connectivity index (χ3v) is 9.07. The number of nitrogens with zero attached hydrogens (tertiary/aromatic N) is 3. The molecular weight excluding hydrogens is 562 g/mol. The molecule has 0 fully saturated rings. The van der Waals surface area contributed by atoms with Crippen LogP contribution in [0.15, 0.2) is 29.4 Å². The summed E-state index contributed by atoms with van der Waals surface area (Å²) in [5.74, 6) is 0.642. The van der Waals surface area contributed by atoms with Crippen LogP contribution >= 0.6 is 23.1 Å². The number of amides is 2. The first-order valence-electron chi connectivity index (χ1n) is 13.9. The van der Waals surface area contributed by atoms with E-state index < -0.39 is 5.25 Å². The number of benzene rings is 1. The lowest BCUT2D eigenvalue weighted by Gasteiger charge is -2.14. The smallest absolute Gasteiger partial charge is 0.341 e. The quantitative estimate of drug-likeness (QED) is 0.200. The Morgan fingerprint density at radius 2 is 1.93 bits per heavy atom. The SMILES string of the molecule is CCCCn1c(CNC(=O)Cc2ccc(OC)cc2)nnc1S[C@@H](C)C(=O)Nc1sc2c(c1C(=O)OCC)CCC2. The zero-order chi connectivity index (χ0) is 29.4. The van der Waals surface area contributed by atoms with Crippen LogP contribution in [0.25, 0.3) is 0 Å². The highest BCUT2D eigenvalue weighted by molar-refractivity contribution is 8.00. The molecular formula is C29H37N5O5S2. The fraction of sp³-hybridized carbons (Fsp3) is 0.483. The predicted octanol–water partition coefficient (Wildman–Crippen LogP) is 4.79. The second-order valence-corrected chi connectivity index (χ2v) is 12.1. The highest BCUT2D eigenvalue weighted by atomic mass is 32.2. The minimum Gasteiger partial charge on any atom is -0.497 e. The van der Waals surface area contributed by atoms with Gasteiger partial charge in [0.05, 0.1) is 37.5 Å². The number of rotatable bonds is 14. The Bertz CT molecular complexity index is 1370. The molecule has 41 heavy (non-hydrogen) atoms. The van der Waals surface area contributed by atoms with Crippen molar-refractivity contribution in [3.05, 3.63) is 51.7 Å².